The molecule has 3 rings (SSSR count). The van der Waals surface area contributed by atoms with E-state index in [-0.39, 0.29) is 11.7 Å². The summed E-state index contributed by atoms with van der Waals surface area (Å²) < 4.78 is 19.4. The molecule has 6 nitrogen and oxygen atoms in total. The Kier molecular flexibility index (Phi) is 5.93. The summed E-state index contributed by atoms with van der Waals surface area (Å²) in [5, 5.41) is 3.70. The number of imidazole rings is 1. The molecule has 0 saturated carbocycles. The number of hydrogen-bond acceptors (Lipinski definition) is 4. The number of carbonyl (C=O) groups is 1. The highest BCUT2D eigenvalue weighted by molar-refractivity contribution is 7.85. The monoisotopic (exact) mass is 403 g/mol. The molecule has 0 spiro atoms. The largest absolute Gasteiger partial charge is 0.497 e. The van der Waals surface area contributed by atoms with Gasteiger partial charge in [0, 0.05) is 17.8 Å². The Hall–Kier alpha value is -2.64. The molecule has 0 aliphatic rings. The number of halogens is 1. The Morgan fingerprint density at radius 2 is 1.85 bits per heavy atom. The molecule has 1 N–H and O–H groups in total. The van der Waals surface area contributed by atoms with Crippen LogP contribution in [-0.2, 0) is 22.6 Å². The minimum Gasteiger partial charge on any atom is -0.497 e. The Bertz CT molecular complexity index is 969. The van der Waals surface area contributed by atoms with Gasteiger partial charge in [-0.1, -0.05) is 23.7 Å². The third-order valence-corrected chi connectivity index (χ3v) is 5.49. The van der Waals surface area contributed by atoms with Gasteiger partial charge in [-0.05, 0) is 42.0 Å². The third-order valence-electron chi connectivity index (χ3n) is 3.93. The molecule has 0 bridgehead atoms. The molecule has 27 heavy (non-hydrogen) atoms. The van der Waals surface area contributed by atoms with E-state index in [1.54, 1.807) is 61.3 Å². The maximum atomic E-state index is 12.6. The zero-order valence-corrected chi connectivity index (χ0v) is 16.4. The highest BCUT2D eigenvalue weighted by Crippen LogP contribution is 2.23. The van der Waals surface area contributed by atoms with Crippen molar-refractivity contribution in [2.45, 2.75) is 5.16 Å². The van der Waals surface area contributed by atoms with Gasteiger partial charge in [0.25, 0.3) is 0 Å². The number of methoxy groups -OCH3 is 1. The summed E-state index contributed by atoms with van der Waals surface area (Å²) in [7, 11) is 1.77. The molecule has 2 aromatic carbocycles. The Labute approximate surface area is 164 Å². The predicted molar refractivity (Wildman–Crippen MR) is 107 cm³/mol. The number of benzene rings is 2. The molecule has 1 aromatic heterocycles. The quantitative estimate of drug-likeness (QED) is 0.683. The Balaban J connectivity index is 1.68. The van der Waals surface area contributed by atoms with Gasteiger partial charge < -0.3 is 14.6 Å². The van der Waals surface area contributed by atoms with Crippen molar-refractivity contribution in [2.75, 3.05) is 18.2 Å². The molecule has 0 aliphatic carbocycles. The van der Waals surface area contributed by atoms with Gasteiger partial charge >= 0.3 is 0 Å². The van der Waals surface area contributed by atoms with Gasteiger partial charge in [-0.15, -0.1) is 0 Å². The van der Waals surface area contributed by atoms with E-state index in [0.29, 0.717) is 21.6 Å². The second-order valence-electron chi connectivity index (χ2n) is 5.76. The molecular weight excluding hydrogens is 386 g/mol. The lowest BCUT2D eigenvalue weighted by atomic mass is 10.2. The van der Waals surface area contributed by atoms with E-state index in [4.69, 9.17) is 16.3 Å². The van der Waals surface area contributed by atoms with Crippen molar-refractivity contribution in [1.82, 2.24) is 9.55 Å². The molecule has 8 heteroatoms. The number of hydrogen-bond donors (Lipinski definition) is 1. The van der Waals surface area contributed by atoms with Crippen molar-refractivity contribution in [3.8, 4) is 17.0 Å². The van der Waals surface area contributed by atoms with Crippen LogP contribution in [0.15, 0.2) is 59.9 Å². The van der Waals surface area contributed by atoms with Crippen LogP contribution in [0.2, 0.25) is 5.02 Å². The number of ether oxygens (including phenoxy) is 1. The van der Waals surface area contributed by atoms with Crippen LogP contribution in [0.5, 0.6) is 5.75 Å². The lowest BCUT2D eigenvalue weighted by molar-refractivity contribution is -0.113. The molecule has 0 radical (unpaired) electrons. The Morgan fingerprint density at radius 3 is 2.48 bits per heavy atom. The van der Waals surface area contributed by atoms with Crippen LogP contribution >= 0.6 is 11.6 Å². The molecule has 0 aliphatic heterocycles. The number of anilines is 1. The van der Waals surface area contributed by atoms with E-state index < -0.39 is 10.8 Å². The van der Waals surface area contributed by atoms with Crippen LogP contribution in [0, 0.1) is 0 Å². The highest BCUT2D eigenvalue weighted by Gasteiger charge is 2.17. The van der Waals surface area contributed by atoms with Crippen molar-refractivity contribution in [3.05, 3.63) is 59.8 Å². The number of nitrogens with one attached hydrogen (secondary N) is 1. The summed E-state index contributed by atoms with van der Waals surface area (Å²) in [5.74, 6) is 0.158. The zero-order chi connectivity index (χ0) is 19.4. The van der Waals surface area contributed by atoms with E-state index in [1.807, 2.05) is 12.1 Å². The number of carbonyl (C=O) groups excluding carboxylic acids is 1. The van der Waals surface area contributed by atoms with Gasteiger partial charge in [0.05, 0.1) is 29.8 Å². The molecule has 0 fully saturated rings. The first kappa shape index (κ1) is 19.1. The second-order valence-corrected chi connectivity index (χ2v) is 7.54. The van der Waals surface area contributed by atoms with Crippen LogP contribution in [0.25, 0.3) is 11.3 Å². The summed E-state index contributed by atoms with van der Waals surface area (Å²) in [6, 6.07) is 14.2. The second kappa shape index (κ2) is 8.37. The lowest BCUT2D eigenvalue weighted by Crippen LogP contribution is -2.21. The van der Waals surface area contributed by atoms with E-state index in [1.165, 1.54) is 0 Å². The first-order valence-corrected chi connectivity index (χ1v) is 9.77. The average molecular weight is 404 g/mol. The van der Waals surface area contributed by atoms with Crippen LogP contribution in [0.1, 0.15) is 0 Å². The number of nitrogens with zero attached hydrogens (tertiary/aromatic N) is 2. The molecule has 1 atom stereocenters. The molecule has 0 saturated heterocycles. The predicted octanol–water partition coefficient (Wildman–Crippen LogP) is 3.50. The Morgan fingerprint density at radius 1 is 1.19 bits per heavy atom. The van der Waals surface area contributed by atoms with Crippen molar-refractivity contribution < 1.29 is 13.7 Å². The van der Waals surface area contributed by atoms with Gasteiger partial charge in [0.15, 0.2) is 5.16 Å². The van der Waals surface area contributed by atoms with Crippen molar-refractivity contribution in [3.63, 3.8) is 0 Å². The fraction of sp³-hybridized carbons (Fsp3) is 0.158. The normalized spacial score (nSPS) is 11.8. The van der Waals surface area contributed by atoms with Gasteiger partial charge in [-0.2, -0.15) is 0 Å². The number of rotatable bonds is 6. The van der Waals surface area contributed by atoms with E-state index in [0.717, 1.165) is 11.3 Å². The SMILES string of the molecule is COc1ccc(NC(=O)C[S@](=O)c2ncc(-c3ccc(Cl)cc3)n2C)cc1. The number of aromatic nitrogens is 2. The maximum absolute atomic E-state index is 12.6. The van der Waals surface area contributed by atoms with Crippen molar-refractivity contribution in [2.24, 2.45) is 7.05 Å². The van der Waals surface area contributed by atoms with Gasteiger partial charge in [-0.3, -0.25) is 9.00 Å². The highest BCUT2D eigenvalue weighted by atomic mass is 35.5. The van der Waals surface area contributed by atoms with Gasteiger partial charge in [0.1, 0.15) is 11.5 Å². The maximum Gasteiger partial charge on any atom is 0.237 e. The van der Waals surface area contributed by atoms with E-state index in [9.17, 15) is 9.00 Å². The lowest BCUT2D eigenvalue weighted by Gasteiger charge is -2.08. The average Bonchev–Trinajstić information content (AvgIpc) is 3.04. The molecule has 0 unspecified atom stereocenters. The fourth-order valence-corrected chi connectivity index (χ4v) is 3.69. The van der Waals surface area contributed by atoms with E-state index in [2.05, 4.69) is 10.3 Å². The fourth-order valence-electron chi connectivity index (χ4n) is 2.55. The minimum atomic E-state index is -1.57. The topological polar surface area (TPSA) is 73.2 Å². The first-order valence-electron chi connectivity index (χ1n) is 8.08. The smallest absolute Gasteiger partial charge is 0.237 e. The summed E-state index contributed by atoms with van der Waals surface area (Å²) >= 11 is 5.91. The molecule has 140 valence electrons. The van der Waals surface area contributed by atoms with Gasteiger partial charge in [0.2, 0.25) is 5.91 Å². The van der Waals surface area contributed by atoms with Crippen LogP contribution in [0.3, 0.4) is 0 Å². The summed E-state index contributed by atoms with van der Waals surface area (Å²) in [6.45, 7) is 0. The van der Waals surface area contributed by atoms with Gasteiger partial charge in [-0.25, -0.2) is 4.98 Å². The molecule has 1 heterocycles. The van der Waals surface area contributed by atoms with Crippen LogP contribution < -0.4 is 10.1 Å². The van der Waals surface area contributed by atoms with Crippen molar-refractivity contribution in [1.29, 1.82) is 0 Å². The number of amides is 1. The van der Waals surface area contributed by atoms with E-state index >= 15 is 0 Å². The summed E-state index contributed by atoms with van der Waals surface area (Å²) in [6.07, 6.45) is 1.64. The molecular formula is C19H18ClN3O3S. The van der Waals surface area contributed by atoms with Crippen molar-refractivity contribution >= 4 is 34.0 Å². The third kappa shape index (κ3) is 4.56. The molecule has 1 amide bonds. The van der Waals surface area contributed by atoms with Crippen LogP contribution in [0.4, 0.5) is 5.69 Å². The zero-order valence-electron chi connectivity index (χ0n) is 14.8. The minimum absolute atomic E-state index is 0.184. The molecule has 3 aromatic rings. The first-order chi connectivity index (χ1) is 13.0. The summed E-state index contributed by atoms with van der Waals surface area (Å²) in [5.41, 5.74) is 2.31. The summed E-state index contributed by atoms with van der Waals surface area (Å²) in [4.78, 5) is 16.4. The van der Waals surface area contributed by atoms with Crippen LogP contribution in [-0.4, -0.2) is 32.5 Å². The standard InChI is InChI=1S/C19H18ClN3O3S/c1-23-17(13-3-5-14(20)6-4-13)11-21-19(23)27(25)12-18(24)22-15-7-9-16(26-2)10-8-15/h3-11H,12H2,1-2H3,(H,22,24)/t27-/m0/s1.